The van der Waals surface area contributed by atoms with E-state index < -0.39 is 8.80 Å². The van der Waals surface area contributed by atoms with Gasteiger partial charge in [-0.1, -0.05) is 0 Å². The van der Waals surface area contributed by atoms with Gasteiger partial charge in [0.05, 0.1) is 0 Å². The number of nitrogens with two attached hydrogens (primary N) is 1. The van der Waals surface area contributed by atoms with E-state index in [0.717, 1.165) is 13.1 Å². The summed E-state index contributed by atoms with van der Waals surface area (Å²) in [5, 5.41) is 3.07. The minimum atomic E-state index is -3.33. The van der Waals surface area contributed by atoms with E-state index in [4.69, 9.17) is 10.2 Å². The predicted octanol–water partition coefficient (Wildman–Crippen LogP) is -0.232. The molecule has 0 heterocycles. The van der Waals surface area contributed by atoms with Gasteiger partial charge < -0.3 is 25.1 Å². The van der Waals surface area contributed by atoms with Crippen molar-refractivity contribution in [1.29, 1.82) is 0 Å². The van der Waals surface area contributed by atoms with Crippen LogP contribution >= 0.6 is 20.3 Å². The van der Waals surface area contributed by atoms with Gasteiger partial charge in [0.15, 0.2) is 0 Å². The van der Waals surface area contributed by atoms with Gasteiger partial charge >= 0.3 is 41.9 Å². The number of rotatable bonds is 8. The van der Waals surface area contributed by atoms with Gasteiger partial charge in [-0.2, -0.15) is 0 Å². The molecule has 0 saturated heterocycles. The van der Waals surface area contributed by atoms with Gasteiger partial charge in [-0.15, -0.1) is 0 Å². The van der Waals surface area contributed by atoms with Crippen LogP contribution in [0.5, 0.6) is 0 Å². The van der Waals surface area contributed by atoms with Gasteiger partial charge in [-0.05, 0) is 19.9 Å². The molecule has 0 spiro atoms. The van der Waals surface area contributed by atoms with Gasteiger partial charge in [-0.3, -0.25) is 0 Å². The predicted molar refractivity (Wildman–Crippen MR) is 67.2 cm³/mol. The molecule has 0 aliphatic heterocycles. The second-order valence-electron chi connectivity index (χ2n) is 2.82. The molecular formula is C7H20CuIN2O3Si. The zero-order chi connectivity index (χ0) is 12.2. The molecule has 0 aromatic heterocycles. The monoisotopic (exact) mass is 398 g/mol. The van der Waals surface area contributed by atoms with Crippen molar-refractivity contribution in [1.82, 2.24) is 5.32 Å². The molecule has 0 unspecified atom stereocenters. The summed E-state index contributed by atoms with van der Waals surface area (Å²) in [6, 6.07) is 0.346. The molecule has 0 aromatic rings. The van der Waals surface area contributed by atoms with Crippen LogP contribution in [-0.2, 0) is 17.2 Å². The van der Waals surface area contributed by atoms with Gasteiger partial charge in [0.1, 0.15) is 0 Å². The van der Waals surface area contributed by atoms with Crippen LogP contribution in [-0.4, -0.2) is 44.6 Å². The van der Waals surface area contributed by atoms with Crippen molar-refractivity contribution >= 4 is 29.1 Å². The zero-order valence-corrected chi connectivity index (χ0v) is 12.9. The summed E-state index contributed by atoms with van der Waals surface area (Å²) in [4.78, 5) is 18.6. The molecule has 0 amide bonds. The first-order valence-electron chi connectivity index (χ1n) is 4.73. The first kappa shape index (κ1) is 18.6. The Morgan fingerprint density at radius 3 is 2.47 bits per heavy atom. The van der Waals surface area contributed by atoms with Crippen molar-refractivity contribution in [2.75, 3.05) is 26.2 Å². The van der Waals surface area contributed by atoms with E-state index in [0.29, 0.717) is 25.6 Å². The van der Waals surface area contributed by atoms with E-state index in [2.05, 4.69) is 18.1 Å². The van der Waals surface area contributed by atoms with E-state index in [1.165, 1.54) is 0 Å². The molecule has 0 rings (SSSR count). The second kappa shape index (κ2) is 13.3. The molecule has 0 radical (unpaired) electrons. The summed E-state index contributed by atoms with van der Waals surface area (Å²) in [5.74, 6) is 0. The Labute approximate surface area is 112 Å². The quantitative estimate of drug-likeness (QED) is 0.258. The maximum absolute atomic E-state index is 9.29. The summed E-state index contributed by atoms with van der Waals surface area (Å²) in [5.41, 5.74) is 5.27. The zero-order valence-electron chi connectivity index (χ0n) is 8.80. The summed E-state index contributed by atoms with van der Waals surface area (Å²) >= 11 is 5.87. The Morgan fingerprint density at radius 2 is 2.00 bits per heavy atom. The topological polar surface area (TPSA) is 87.7 Å². The maximum atomic E-state index is 9.29. The standard InChI is InChI=1S/C7H20N2O3Si.Cu.HI/c1-2-12-13(10,11)7-3-5-9-6-4-8;;/h9-11H,2-8H2,1H3;;1H/q;+1;/p-1. The van der Waals surface area contributed by atoms with Crippen LogP contribution in [0, 0.1) is 0 Å². The van der Waals surface area contributed by atoms with Crippen LogP contribution < -0.4 is 11.1 Å². The molecule has 15 heavy (non-hydrogen) atoms. The van der Waals surface area contributed by atoms with E-state index >= 15 is 0 Å². The van der Waals surface area contributed by atoms with Crippen molar-refractivity contribution < 1.29 is 26.8 Å². The third kappa shape index (κ3) is 15.3. The van der Waals surface area contributed by atoms with E-state index in [9.17, 15) is 9.59 Å². The SMILES string of the molecule is CCO[Si](O)(O)CCCNCCN.[Cu][I]. The van der Waals surface area contributed by atoms with Crippen LogP contribution in [0.15, 0.2) is 0 Å². The summed E-state index contributed by atoms with van der Waals surface area (Å²) in [6.45, 7) is 4.22. The van der Waals surface area contributed by atoms with Gasteiger partial charge in [0, 0.05) is 25.7 Å². The Kier molecular flexibility index (Phi) is 16.6. The third-order valence-corrected chi connectivity index (χ3v) is 3.31. The molecule has 98 valence electrons. The molecule has 0 atom stereocenters. The molecule has 0 aliphatic rings. The average molecular weight is 399 g/mol. The van der Waals surface area contributed by atoms with Crippen LogP contribution in [0.3, 0.4) is 0 Å². The number of hydrogen-bond acceptors (Lipinski definition) is 5. The minimum absolute atomic E-state index is 0.346. The summed E-state index contributed by atoms with van der Waals surface area (Å²) < 4.78 is 4.83. The molecule has 8 heteroatoms. The van der Waals surface area contributed by atoms with Crippen LogP contribution in [0.2, 0.25) is 6.04 Å². The number of nitrogens with one attached hydrogen (secondary N) is 1. The molecule has 0 fully saturated rings. The van der Waals surface area contributed by atoms with Crippen LogP contribution in [0.1, 0.15) is 13.3 Å². The Balaban J connectivity index is 0. The van der Waals surface area contributed by atoms with E-state index in [-0.39, 0.29) is 0 Å². The van der Waals surface area contributed by atoms with Gasteiger partial charge in [0.25, 0.3) is 0 Å². The molecule has 5 N–H and O–H groups in total. The van der Waals surface area contributed by atoms with Crippen molar-refractivity contribution in [3.05, 3.63) is 0 Å². The third-order valence-electron chi connectivity index (χ3n) is 1.55. The Morgan fingerprint density at radius 1 is 1.40 bits per heavy atom. The van der Waals surface area contributed by atoms with Gasteiger partial charge in [0.2, 0.25) is 0 Å². The van der Waals surface area contributed by atoms with Crippen molar-refractivity contribution in [3.63, 3.8) is 0 Å². The van der Waals surface area contributed by atoms with Crippen molar-refractivity contribution in [3.8, 4) is 0 Å². The molecule has 0 saturated carbocycles. The molecular weight excluding hydrogens is 379 g/mol. The van der Waals surface area contributed by atoms with E-state index in [1.807, 2.05) is 0 Å². The van der Waals surface area contributed by atoms with Crippen LogP contribution in [0.4, 0.5) is 0 Å². The first-order chi connectivity index (χ1) is 7.12. The summed E-state index contributed by atoms with van der Waals surface area (Å²) in [6.07, 6.45) is 0.708. The van der Waals surface area contributed by atoms with E-state index in [1.54, 1.807) is 27.3 Å². The average Bonchev–Trinajstić information content (AvgIpc) is 2.20. The van der Waals surface area contributed by atoms with Crippen molar-refractivity contribution in [2.24, 2.45) is 5.73 Å². The molecule has 0 aliphatic carbocycles. The molecule has 0 aromatic carbocycles. The Hall–Kier alpha value is 1.27. The normalized spacial score (nSPS) is 10.9. The Bertz CT molecular complexity index is 135. The first-order valence-corrected chi connectivity index (χ1v) is 9.78. The molecule has 0 bridgehead atoms. The fourth-order valence-electron chi connectivity index (χ4n) is 0.974. The fraction of sp³-hybridized carbons (Fsp3) is 1.00. The van der Waals surface area contributed by atoms with Gasteiger partial charge in [-0.25, -0.2) is 0 Å². The molecule has 5 nitrogen and oxygen atoms in total. The van der Waals surface area contributed by atoms with Crippen LogP contribution in [0.25, 0.3) is 0 Å². The fourth-order valence-corrected chi connectivity index (χ4v) is 2.22. The second-order valence-corrected chi connectivity index (χ2v) is 5.09. The number of hydrogen-bond donors (Lipinski definition) is 4. The summed E-state index contributed by atoms with van der Waals surface area (Å²) in [7, 11) is -3.33. The van der Waals surface area contributed by atoms with Crippen molar-refractivity contribution in [2.45, 2.75) is 19.4 Å². The number of halogens is 1.